The molecule has 5 nitrogen and oxygen atoms in total. The monoisotopic (exact) mass is 439 g/mol. The van der Waals surface area contributed by atoms with E-state index >= 15 is 0 Å². The van der Waals surface area contributed by atoms with Gasteiger partial charge in [0.05, 0.1) is 13.7 Å². The van der Waals surface area contributed by atoms with Crippen LogP contribution in [0.25, 0.3) is 0 Å². The van der Waals surface area contributed by atoms with Crippen LogP contribution in [0.3, 0.4) is 0 Å². The molecule has 2 N–H and O–H groups in total. The summed E-state index contributed by atoms with van der Waals surface area (Å²) >= 11 is 1.77. The summed E-state index contributed by atoms with van der Waals surface area (Å²) in [6.45, 7) is 6.46. The van der Waals surface area contributed by atoms with Gasteiger partial charge in [-0.05, 0) is 38.8 Å². The van der Waals surface area contributed by atoms with E-state index in [0.29, 0.717) is 13.0 Å². The Balaban J connectivity index is 0.00000441. The van der Waals surface area contributed by atoms with Crippen LogP contribution in [0.5, 0.6) is 0 Å². The molecule has 0 aliphatic rings. The van der Waals surface area contributed by atoms with Crippen LogP contribution in [0.4, 0.5) is 0 Å². The third-order valence-corrected chi connectivity index (χ3v) is 3.85. The van der Waals surface area contributed by atoms with Gasteiger partial charge in [-0.3, -0.25) is 4.79 Å². The minimum Gasteiger partial charge on any atom is -0.469 e. The van der Waals surface area contributed by atoms with Gasteiger partial charge in [0.1, 0.15) is 0 Å². The van der Waals surface area contributed by atoms with E-state index in [1.54, 1.807) is 11.3 Å². The van der Waals surface area contributed by atoms with Crippen LogP contribution in [-0.4, -0.2) is 32.1 Å². The van der Waals surface area contributed by atoms with Crippen LogP contribution in [0, 0.1) is 6.92 Å². The SMILES string of the molecule is CCNC(=NCc1ccc(C)s1)NCCCCC(=O)OC.I. The predicted octanol–water partition coefficient (Wildman–Crippen LogP) is 3.07. The molecule has 0 atom stereocenters. The molecule has 0 amide bonds. The van der Waals surface area contributed by atoms with Crippen molar-refractivity contribution in [1.82, 2.24) is 10.6 Å². The van der Waals surface area contributed by atoms with Crippen molar-refractivity contribution in [3.05, 3.63) is 21.9 Å². The first kappa shape index (κ1) is 21.2. The highest BCUT2D eigenvalue weighted by Crippen LogP contribution is 2.15. The van der Waals surface area contributed by atoms with Crippen molar-refractivity contribution in [3.63, 3.8) is 0 Å². The molecule has 0 unspecified atom stereocenters. The normalized spacial score (nSPS) is 10.8. The number of hydrogen-bond acceptors (Lipinski definition) is 4. The Morgan fingerprint density at radius 3 is 2.68 bits per heavy atom. The Morgan fingerprint density at radius 1 is 1.32 bits per heavy atom. The summed E-state index contributed by atoms with van der Waals surface area (Å²) in [6.07, 6.45) is 2.21. The molecule has 1 aromatic rings. The zero-order valence-electron chi connectivity index (χ0n) is 13.5. The fourth-order valence-electron chi connectivity index (χ4n) is 1.77. The number of rotatable bonds is 8. The van der Waals surface area contributed by atoms with E-state index in [4.69, 9.17) is 0 Å². The minimum absolute atomic E-state index is 0. The number of aryl methyl sites for hydroxylation is 1. The van der Waals surface area contributed by atoms with Gasteiger partial charge in [-0.2, -0.15) is 0 Å². The molecule has 1 rings (SSSR count). The molecule has 0 saturated carbocycles. The van der Waals surface area contributed by atoms with E-state index in [2.05, 4.69) is 39.4 Å². The van der Waals surface area contributed by atoms with E-state index in [1.807, 2.05) is 6.92 Å². The Bertz CT molecular complexity index is 463. The van der Waals surface area contributed by atoms with Gasteiger partial charge in [0.25, 0.3) is 0 Å². The molecule has 1 aromatic heterocycles. The van der Waals surface area contributed by atoms with Gasteiger partial charge in [-0.1, -0.05) is 0 Å². The molecule has 126 valence electrons. The number of nitrogens with zero attached hydrogens (tertiary/aromatic N) is 1. The number of aliphatic imine (C=N–C) groups is 1. The van der Waals surface area contributed by atoms with Gasteiger partial charge < -0.3 is 15.4 Å². The van der Waals surface area contributed by atoms with E-state index < -0.39 is 0 Å². The second-order valence-electron chi connectivity index (χ2n) is 4.67. The average Bonchev–Trinajstić information content (AvgIpc) is 2.89. The quantitative estimate of drug-likeness (QED) is 0.215. The van der Waals surface area contributed by atoms with Gasteiger partial charge in [-0.25, -0.2) is 4.99 Å². The van der Waals surface area contributed by atoms with Crippen molar-refractivity contribution in [2.75, 3.05) is 20.2 Å². The number of guanidine groups is 1. The average molecular weight is 439 g/mol. The fraction of sp³-hybridized carbons (Fsp3) is 0.600. The van der Waals surface area contributed by atoms with Crippen LogP contribution in [0.2, 0.25) is 0 Å². The van der Waals surface area contributed by atoms with E-state index in [-0.39, 0.29) is 29.9 Å². The third-order valence-electron chi connectivity index (χ3n) is 2.86. The maximum Gasteiger partial charge on any atom is 0.305 e. The Hall–Kier alpha value is -0.830. The first-order valence-corrected chi connectivity index (χ1v) is 8.11. The lowest BCUT2D eigenvalue weighted by molar-refractivity contribution is -0.140. The van der Waals surface area contributed by atoms with Crippen LogP contribution < -0.4 is 10.6 Å². The van der Waals surface area contributed by atoms with E-state index in [9.17, 15) is 4.79 Å². The molecule has 0 radical (unpaired) electrons. The molecule has 1 heterocycles. The number of hydrogen-bond donors (Lipinski definition) is 2. The summed E-state index contributed by atoms with van der Waals surface area (Å²) < 4.78 is 4.61. The van der Waals surface area contributed by atoms with Gasteiger partial charge >= 0.3 is 5.97 Å². The first-order valence-electron chi connectivity index (χ1n) is 7.30. The smallest absolute Gasteiger partial charge is 0.305 e. The van der Waals surface area contributed by atoms with Gasteiger partial charge in [0, 0.05) is 29.3 Å². The lowest BCUT2D eigenvalue weighted by Gasteiger charge is -2.10. The maximum atomic E-state index is 11.0. The van der Waals surface area contributed by atoms with E-state index in [0.717, 1.165) is 31.9 Å². The molecule has 0 aliphatic carbocycles. The number of halogens is 1. The first-order chi connectivity index (χ1) is 10.2. The molecular formula is C15H26IN3O2S. The number of carbonyl (C=O) groups is 1. The molecular weight excluding hydrogens is 413 g/mol. The number of carbonyl (C=O) groups excluding carboxylic acids is 1. The molecule has 7 heteroatoms. The Kier molecular flexibility index (Phi) is 12.2. The van der Waals surface area contributed by atoms with Crippen molar-refractivity contribution in [2.45, 2.75) is 39.7 Å². The zero-order chi connectivity index (χ0) is 15.5. The van der Waals surface area contributed by atoms with Crippen LogP contribution in [0.15, 0.2) is 17.1 Å². The number of methoxy groups -OCH3 is 1. The highest BCUT2D eigenvalue weighted by molar-refractivity contribution is 14.0. The number of esters is 1. The minimum atomic E-state index is -0.149. The Labute approximate surface area is 154 Å². The van der Waals surface area contributed by atoms with Crippen LogP contribution >= 0.6 is 35.3 Å². The van der Waals surface area contributed by atoms with Crippen LogP contribution in [0.1, 0.15) is 35.9 Å². The standard InChI is InChI=1S/C15H25N3O2S.HI/c1-4-16-15(17-10-6-5-7-14(19)20-3)18-11-13-9-8-12(2)21-13;/h8-9H,4-7,10-11H2,1-3H3,(H2,16,17,18);1H. The molecule has 22 heavy (non-hydrogen) atoms. The molecule has 0 spiro atoms. The topological polar surface area (TPSA) is 62.7 Å². The van der Waals surface area contributed by atoms with Gasteiger partial charge in [0.2, 0.25) is 0 Å². The lowest BCUT2D eigenvalue weighted by atomic mass is 10.2. The molecule has 0 saturated heterocycles. The summed E-state index contributed by atoms with van der Waals surface area (Å²) in [7, 11) is 1.42. The van der Waals surface area contributed by atoms with Crippen LogP contribution in [-0.2, 0) is 16.1 Å². The summed E-state index contributed by atoms with van der Waals surface area (Å²) in [5.41, 5.74) is 0. The van der Waals surface area contributed by atoms with Gasteiger partial charge in [0.15, 0.2) is 5.96 Å². The number of unbranched alkanes of at least 4 members (excludes halogenated alkanes) is 1. The molecule has 0 aliphatic heterocycles. The van der Waals surface area contributed by atoms with E-state index in [1.165, 1.54) is 16.9 Å². The summed E-state index contributed by atoms with van der Waals surface area (Å²) in [6, 6.07) is 4.23. The van der Waals surface area contributed by atoms with Crippen molar-refractivity contribution < 1.29 is 9.53 Å². The highest BCUT2D eigenvalue weighted by Gasteiger charge is 2.01. The fourth-order valence-corrected chi connectivity index (χ4v) is 2.59. The Morgan fingerprint density at radius 2 is 2.09 bits per heavy atom. The summed E-state index contributed by atoms with van der Waals surface area (Å²) in [5.74, 6) is 0.672. The third kappa shape index (κ3) is 9.24. The van der Waals surface area contributed by atoms with Gasteiger partial charge in [-0.15, -0.1) is 35.3 Å². The predicted molar refractivity (Wildman–Crippen MR) is 103 cm³/mol. The molecule has 0 fully saturated rings. The molecule has 0 bridgehead atoms. The zero-order valence-corrected chi connectivity index (χ0v) is 16.6. The van der Waals surface area contributed by atoms with Crippen molar-refractivity contribution in [1.29, 1.82) is 0 Å². The summed E-state index contributed by atoms with van der Waals surface area (Å²) in [5, 5.41) is 6.50. The van der Waals surface area contributed by atoms with Crippen molar-refractivity contribution >= 4 is 47.2 Å². The highest BCUT2D eigenvalue weighted by atomic mass is 127. The largest absolute Gasteiger partial charge is 0.469 e. The molecule has 0 aromatic carbocycles. The lowest BCUT2D eigenvalue weighted by Crippen LogP contribution is -2.37. The van der Waals surface area contributed by atoms with Crippen molar-refractivity contribution in [3.8, 4) is 0 Å². The number of nitrogens with one attached hydrogen (secondary N) is 2. The second-order valence-corrected chi connectivity index (χ2v) is 6.04. The van der Waals surface area contributed by atoms with Crippen molar-refractivity contribution in [2.24, 2.45) is 4.99 Å². The number of thiophene rings is 1. The second kappa shape index (κ2) is 12.7. The maximum absolute atomic E-state index is 11.0. The summed E-state index contributed by atoms with van der Waals surface area (Å²) in [4.78, 5) is 18.1. The number of ether oxygens (including phenoxy) is 1.